The third-order valence-electron chi connectivity index (χ3n) is 3.96. The van der Waals surface area contributed by atoms with Gasteiger partial charge in [0.25, 0.3) is 0 Å². The Labute approximate surface area is 112 Å². The van der Waals surface area contributed by atoms with Crippen LogP contribution in [0.1, 0.15) is 35.2 Å². The summed E-state index contributed by atoms with van der Waals surface area (Å²) in [6.45, 7) is 1.55. The van der Waals surface area contributed by atoms with Crippen LogP contribution in [-0.2, 0) is 11.3 Å². The number of benzene rings is 1. The number of ether oxygens (including phenoxy) is 1. The molecule has 1 saturated heterocycles. The van der Waals surface area contributed by atoms with Crippen LogP contribution in [0.4, 0.5) is 0 Å². The molecule has 2 N–H and O–H groups in total. The van der Waals surface area contributed by atoms with E-state index in [0.29, 0.717) is 24.3 Å². The smallest absolute Gasteiger partial charge is 0.335 e. The van der Waals surface area contributed by atoms with Gasteiger partial charge in [0.1, 0.15) is 0 Å². The summed E-state index contributed by atoms with van der Waals surface area (Å²) in [4.78, 5) is 10.9. The molecule has 1 aliphatic carbocycles. The Morgan fingerprint density at radius 1 is 1.37 bits per heavy atom. The lowest BCUT2D eigenvalue weighted by Crippen LogP contribution is -2.37. The molecule has 0 aromatic heterocycles. The number of hydrogen-bond donors (Lipinski definition) is 2. The monoisotopic (exact) mass is 261 g/mol. The van der Waals surface area contributed by atoms with Crippen LogP contribution in [0.2, 0.25) is 0 Å². The van der Waals surface area contributed by atoms with Crippen LogP contribution in [0.25, 0.3) is 0 Å². The Morgan fingerprint density at radius 2 is 2.21 bits per heavy atom. The van der Waals surface area contributed by atoms with Crippen LogP contribution in [0.3, 0.4) is 0 Å². The summed E-state index contributed by atoms with van der Waals surface area (Å²) in [5.41, 5.74) is 1.36. The highest BCUT2D eigenvalue weighted by Crippen LogP contribution is 2.38. The van der Waals surface area contributed by atoms with E-state index >= 15 is 0 Å². The van der Waals surface area contributed by atoms with Gasteiger partial charge in [-0.1, -0.05) is 12.1 Å². The van der Waals surface area contributed by atoms with Crippen molar-refractivity contribution < 1.29 is 14.6 Å². The lowest BCUT2D eigenvalue weighted by atomic mass is 10.1. The molecule has 1 aromatic carbocycles. The first-order valence-electron chi connectivity index (χ1n) is 6.91. The molecule has 1 aromatic rings. The van der Waals surface area contributed by atoms with Crippen molar-refractivity contribution in [3.05, 3.63) is 35.4 Å². The minimum atomic E-state index is -0.873. The second-order valence-corrected chi connectivity index (χ2v) is 5.45. The molecule has 2 fully saturated rings. The van der Waals surface area contributed by atoms with E-state index in [-0.39, 0.29) is 0 Å². The standard InChI is InChI=1S/C15H19NO3/c17-15(18)12-3-1-2-10(8-12)9-16-13-6-7-19-14(13)11-4-5-11/h1-3,8,11,13-14,16H,4-7,9H2,(H,17,18). The summed E-state index contributed by atoms with van der Waals surface area (Å²) in [5.74, 6) is -0.132. The van der Waals surface area contributed by atoms with Crippen molar-refractivity contribution in [3.8, 4) is 0 Å². The van der Waals surface area contributed by atoms with Crippen molar-refractivity contribution in [1.82, 2.24) is 5.32 Å². The molecule has 2 aliphatic rings. The Hall–Kier alpha value is -1.39. The van der Waals surface area contributed by atoms with E-state index in [0.717, 1.165) is 24.5 Å². The highest BCUT2D eigenvalue weighted by molar-refractivity contribution is 5.87. The number of carbonyl (C=O) groups is 1. The molecule has 4 nitrogen and oxygen atoms in total. The van der Waals surface area contributed by atoms with Gasteiger partial charge in [-0.3, -0.25) is 0 Å². The first-order valence-corrected chi connectivity index (χ1v) is 6.91. The summed E-state index contributed by atoms with van der Waals surface area (Å²) in [6.07, 6.45) is 4.00. The van der Waals surface area contributed by atoms with Crippen LogP contribution in [-0.4, -0.2) is 29.8 Å². The molecule has 0 radical (unpaired) electrons. The third kappa shape index (κ3) is 2.96. The van der Waals surface area contributed by atoms with Gasteiger partial charge >= 0.3 is 5.97 Å². The topological polar surface area (TPSA) is 58.6 Å². The maximum absolute atomic E-state index is 10.9. The molecule has 0 spiro atoms. The molecule has 19 heavy (non-hydrogen) atoms. The fourth-order valence-electron chi connectivity index (χ4n) is 2.78. The molecule has 102 valence electrons. The van der Waals surface area contributed by atoms with E-state index in [4.69, 9.17) is 9.84 Å². The highest BCUT2D eigenvalue weighted by Gasteiger charge is 2.40. The van der Waals surface area contributed by atoms with Gasteiger partial charge in [-0.2, -0.15) is 0 Å². The number of carboxylic acids is 1. The van der Waals surface area contributed by atoms with Gasteiger partial charge in [0, 0.05) is 19.2 Å². The van der Waals surface area contributed by atoms with E-state index < -0.39 is 5.97 Å². The van der Waals surface area contributed by atoms with Gasteiger partial charge in [-0.05, 0) is 42.9 Å². The largest absolute Gasteiger partial charge is 0.478 e. The molecular weight excluding hydrogens is 242 g/mol. The average molecular weight is 261 g/mol. The lowest BCUT2D eigenvalue weighted by molar-refractivity contribution is 0.0696. The van der Waals surface area contributed by atoms with Gasteiger partial charge in [0.15, 0.2) is 0 Å². The van der Waals surface area contributed by atoms with Gasteiger partial charge < -0.3 is 15.2 Å². The van der Waals surface area contributed by atoms with E-state index in [9.17, 15) is 4.79 Å². The zero-order valence-electron chi connectivity index (χ0n) is 10.8. The van der Waals surface area contributed by atoms with E-state index in [1.165, 1.54) is 12.8 Å². The SMILES string of the molecule is O=C(O)c1cccc(CNC2CCOC2C2CC2)c1. The van der Waals surface area contributed by atoms with Crippen molar-refractivity contribution in [2.24, 2.45) is 5.92 Å². The Morgan fingerprint density at radius 3 is 2.95 bits per heavy atom. The van der Waals surface area contributed by atoms with Crippen LogP contribution < -0.4 is 5.32 Å². The summed E-state index contributed by atoms with van der Waals surface area (Å²) < 4.78 is 5.78. The number of aromatic carboxylic acids is 1. The van der Waals surface area contributed by atoms with Gasteiger partial charge in [0.05, 0.1) is 11.7 Å². The molecule has 1 aliphatic heterocycles. The minimum absolute atomic E-state index is 0.348. The first-order chi connectivity index (χ1) is 9.24. The van der Waals surface area contributed by atoms with Crippen LogP contribution >= 0.6 is 0 Å². The normalized spacial score (nSPS) is 26.5. The minimum Gasteiger partial charge on any atom is -0.478 e. The molecule has 0 bridgehead atoms. The van der Waals surface area contributed by atoms with Crippen molar-refractivity contribution >= 4 is 5.97 Å². The maximum atomic E-state index is 10.9. The quantitative estimate of drug-likeness (QED) is 0.851. The fourth-order valence-corrected chi connectivity index (χ4v) is 2.78. The number of rotatable bonds is 5. The summed E-state index contributed by atoms with van der Waals surface area (Å²) in [7, 11) is 0. The molecule has 2 unspecified atom stereocenters. The van der Waals surface area contributed by atoms with Crippen LogP contribution in [0.5, 0.6) is 0 Å². The lowest BCUT2D eigenvalue weighted by Gasteiger charge is -2.19. The second kappa shape index (κ2) is 5.31. The second-order valence-electron chi connectivity index (χ2n) is 5.45. The van der Waals surface area contributed by atoms with Crippen LogP contribution in [0, 0.1) is 5.92 Å². The molecular formula is C15H19NO3. The number of nitrogens with one attached hydrogen (secondary N) is 1. The summed E-state index contributed by atoms with van der Waals surface area (Å²) in [6, 6.07) is 7.53. The first kappa shape index (κ1) is 12.6. The van der Waals surface area contributed by atoms with Crippen molar-refractivity contribution in [3.63, 3.8) is 0 Å². The Balaban J connectivity index is 1.59. The number of carboxylic acid groups (broad SMARTS) is 1. The summed E-state index contributed by atoms with van der Waals surface area (Å²) >= 11 is 0. The van der Waals surface area contributed by atoms with E-state index in [2.05, 4.69) is 5.32 Å². The molecule has 1 saturated carbocycles. The van der Waals surface area contributed by atoms with Crippen molar-refractivity contribution in [2.45, 2.75) is 38.0 Å². The fraction of sp³-hybridized carbons (Fsp3) is 0.533. The highest BCUT2D eigenvalue weighted by atomic mass is 16.5. The Kier molecular flexibility index (Phi) is 3.53. The summed E-state index contributed by atoms with van der Waals surface area (Å²) in [5, 5.41) is 12.5. The maximum Gasteiger partial charge on any atom is 0.335 e. The predicted molar refractivity (Wildman–Crippen MR) is 71.1 cm³/mol. The predicted octanol–water partition coefficient (Wildman–Crippen LogP) is 2.04. The van der Waals surface area contributed by atoms with Crippen molar-refractivity contribution in [1.29, 1.82) is 0 Å². The molecule has 1 heterocycles. The van der Waals surface area contributed by atoms with Gasteiger partial charge in [-0.15, -0.1) is 0 Å². The average Bonchev–Trinajstić information content (AvgIpc) is 3.16. The Bertz CT molecular complexity index is 470. The molecule has 4 heteroatoms. The zero-order valence-corrected chi connectivity index (χ0v) is 10.8. The number of hydrogen-bond acceptors (Lipinski definition) is 3. The molecule has 2 atom stereocenters. The third-order valence-corrected chi connectivity index (χ3v) is 3.96. The van der Waals surface area contributed by atoms with Gasteiger partial charge in [0.2, 0.25) is 0 Å². The molecule has 0 amide bonds. The van der Waals surface area contributed by atoms with E-state index in [1.807, 2.05) is 6.07 Å². The molecule has 3 rings (SSSR count). The van der Waals surface area contributed by atoms with Crippen molar-refractivity contribution in [2.75, 3.05) is 6.61 Å². The van der Waals surface area contributed by atoms with Gasteiger partial charge in [-0.25, -0.2) is 4.79 Å². The van der Waals surface area contributed by atoms with Crippen LogP contribution in [0.15, 0.2) is 24.3 Å². The van der Waals surface area contributed by atoms with E-state index in [1.54, 1.807) is 18.2 Å². The zero-order chi connectivity index (χ0) is 13.2.